The first-order valence-electron chi connectivity index (χ1n) is 7.52. The van der Waals surface area contributed by atoms with Crippen molar-refractivity contribution < 1.29 is 18.3 Å². The molecule has 0 fully saturated rings. The molecule has 0 aliphatic heterocycles. The largest absolute Gasteiger partial charge is 0.382 e. The van der Waals surface area contributed by atoms with Crippen molar-refractivity contribution in [2.24, 2.45) is 0 Å². The lowest BCUT2D eigenvalue weighted by Gasteiger charge is -2.29. The molecule has 0 saturated heterocycles. The summed E-state index contributed by atoms with van der Waals surface area (Å²) in [5.74, 6) is -3.73. The average Bonchev–Trinajstić information content (AvgIpc) is 3.17. The summed E-state index contributed by atoms with van der Waals surface area (Å²) in [6.45, 7) is 0. The van der Waals surface area contributed by atoms with Crippen LogP contribution in [-0.4, -0.2) is 20.6 Å². The summed E-state index contributed by atoms with van der Waals surface area (Å²) < 4.78 is 43.5. The van der Waals surface area contributed by atoms with Crippen molar-refractivity contribution in [3.05, 3.63) is 58.2 Å². The number of alkyl halides is 2. The van der Waals surface area contributed by atoms with Crippen LogP contribution in [-0.2, 0) is 6.42 Å². The standard InChI is InChI=1S/C17H12ClF3N2OS/c18-9-3-10(19)5-11(4-9)23-7-12(14-6-22-8-25-14)15-13(23)1-2-17(20,21)16(15)24/h3-8,16,24H,1-2H2. The summed E-state index contributed by atoms with van der Waals surface area (Å²) >= 11 is 7.22. The van der Waals surface area contributed by atoms with E-state index in [9.17, 15) is 18.3 Å². The van der Waals surface area contributed by atoms with E-state index in [0.717, 1.165) is 0 Å². The minimum absolute atomic E-state index is 0.0618. The van der Waals surface area contributed by atoms with Crippen LogP contribution in [0, 0.1) is 5.82 Å². The maximum Gasteiger partial charge on any atom is 0.278 e. The lowest BCUT2D eigenvalue weighted by atomic mass is 9.89. The summed E-state index contributed by atoms with van der Waals surface area (Å²) in [5, 5.41) is 10.5. The van der Waals surface area contributed by atoms with Crippen LogP contribution in [0.25, 0.3) is 16.1 Å². The van der Waals surface area contributed by atoms with Crippen molar-refractivity contribution >= 4 is 22.9 Å². The van der Waals surface area contributed by atoms with E-state index in [1.54, 1.807) is 28.5 Å². The number of rotatable bonds is 2. The van der Waals surface area contributed by atoms with Crippen molar-refractivity contribution in [3.8, 4) is 16.1 Å². The van der Waals surface area contributed by atoms with E-state index in [0.29, 0.717) is 21.8 Å². The maximum absolute atomic E-state index is 14.1. The minimum atomic E-state index is -3.21. The van der Waals surface area contributed by atoms with Crippen LogP contribution in [0.2, 0.25) is 5.02 Å². The van der Waals surface area contributed by atoms with E-state index in [1.165, 1.54) is 23.5 Å². The van der Waals surface area contributed by atoms with E-state index >= 15 is 0 Å². The number of thiazole rings is 1. The fourth-order valence-electron chi connectivity index (χ4n) is 3.21. The number of hydrogen-bond acceptors (Lipinski definition) is 3. The molecule has 0 radical (unpaired) electrons. The van der Waals surface area contributed by atoms with Gasteiger partial charge in [-0.05, 0) is 24.6 Å². The average molecular weight is 385 g/mol. The summed E-state index contributed by atoms with van der Waals surface area (Å²) in [5.41, 5.74) is 3.19. The molecule has 8 heteroatoms. The number of aliphatic hydroxyl groups excluding tert-OH is 1. The molecule has 0 amide bonds. The first-order valence-corrected chi connectivity index (χ1v) is 8.78. The number of hydrogen-bond donors (Lipinski definition) is 1. The Morgan fingerprint density at radius 2 is 2.12 bits per heavy atom. The van der Waals surface area contributed by atoms with Crippen molar-refractivity contribution in [1.29, 1.82) is 0 Å². The molecule has 2 aromatic heterocycles. The molecule has 25 heavy (non-hydrogen) atoms. The molecule has 1 N–H and O–H groups in total. The Bertz CT molecular complexity index is 920. The molecule has 4 rings (SSSR count). The number of benzene rings is 1. The molecule has 1 atom stereocenters. The zero-order chi connectivity index (χ0) is 17.8. The number of fused-ring (bicyclic) bond motifs is 1. The molecule has 0 saturated carbocycles. The SMILES string of the molecule is OC1c2c(-c3cncs3)cn(-c3cc(F)cc(Cl)c3)c2CCC1(F)F. The van der Waals surface area contributed by atoms with Crippen molar-refractivity contribution in [2.75, 3.05) is 0 Å². The second-order valence-corrected chi connectivity index (χ2v) is 7.25. The van der Waals surface area contributed by atoms with Crippen LogP contribution < -0.4 is 0 Å². The van der Waals surface area contributed by atoms with E-state index < -0.39 is 24.3 Å². The van der Waals surface area contributed by atoms with Crippen molar-refractivity contribution in [1.82, 2.24) is 9.55 Å². The molecule has 0 bridgehead atoms. The fraction of sp³-hybridized carbons (Fsp3) is 0.235. The highest BCUT2D eigenvalue weighted by Crippen LogP contribution is 2.47. The Morgan fingerprint density at radius 1 is 1.32 bits per heavy atom. The lowest BCUT2D eigenvalue weighted by molar-refractivity contribution is -0.121. The molecule has 1 aliphatic rings. The second kappa shape index (κ2) is 5.86. The van der Waals surface area contributed by atoms with Gasteiger partial charge in [-0.3, -0.25) is 4.98 Å². The Hall–Kier alpha value is -1.83. The summed E-state index contributed by atoms with van der Waals surface area (Å²) in [6.07, 6.45) is 0.859. The predicted octanol–water partition coefficient (Wildman–Crippen LogP) is 5.01. The van der Waals surface area contributed by atoms with Crippen LogP contribution in [0.5, 0.6) is 0 Å². The van der Waals surface area contributed by atoms with Gasteiger partial charge in [0.2, 0.25) is 0 Å². The van der Waals surface area contributed by atoms with Crippen LogP contribution in [0.3, 0.4) is 0 Å². The zero-order valence-corrected chi connectivity index (χ0v) is 14.3. The molecule has 0 spiro atoms. The monoisotopic (exact) mass is 384 g/mol. The second-order valence-electron chi connectivity index (χ2n) is 5.93. The number of aliphatic hydroxyl groups is 1. The third kappa shape index (κ3) is 2.76. The van der Waals surface area contributed by atoms with Crippen LogP contribution >= 0.6 is 22.9 Å². The van der Waals surface area contributed by atoms with Crippen LogP contribution in [0.1, 0.15) is 23.8 Å². The van der Waals surface area contributed by atoms with Gasteiger partial charge in [0.1, 0.15) is 11.9 Å². The van der Waals surface area contributed by atoms with E-state index in [2.05, 4.69) is 4.98 Å². The Balaban J connectivity index is 1.97. The van der Waals surface area contributed by atoms with E-state index in [-0.39, 0.29) is 17.0 Å². The zero-order valence-electron chi connectivity index (χ0n) is 12.7. The Labute approximate surface area is 150 Å². The molecule has 1 unspecified atom stereocenters. The maximum atomic E-state index is 14.1. The van der Waals surface area contributed by atoms with Gasteiger partial charge in [0.25, 0.3) is 5.92 Å². The van der Waals surface area contributed by atoms with E-state index in [4.69, 9.17) is 11.6 Å². The highest BCUT2D eigenvalue weighted by molar-refractivity contribution is 7.13. The van der Waals surface area contributed by atoms with Gasteiger partial charge in [0.05, 0.1) is 10.4 Å². The number of aromatic nitrogens is 2. The van der Waals surface area contributed by atoms with Crippen LogP contribution in [0.15, 0.2) is 36.1 Å². The smallest absolute Gasteiger partial charge is 0.278 e. The molecular formula is C17H12ClF3N2OS. The fourth-order valence-corrected chi connectivity index (χ4v) is 4.07. The van der Waals surface area contributed by atoms with Gasteiger partial charge in [0.15, 0.2) is 0 Å². The highest BCUT2D eigenvalue weighted by Gasteiger charge is 2.46. The first-order chi connectivity index (χ1) is 11.9. The molecule has 3 aromatic rings. The lowest BCUT2D eigenvalue weighted by Crippen LogP contribution is -2.32. The van der Waals surface area contributed by atoms with Gasteiger partial charge in [-0.15, -0.1) is 11.3 Å². The summed E-state index contributed by atoms with van der Waals surface area (Å²) in [6, 6.07) is 4.01. The number of halogens is 4. The minimum Gasteiger partial charge on any atom is -0.382 e. The molecular weight excluding hydrogens is 373 g/mol. The quantitative estimate of drug-likeness (QED) is 0.674. The summed E-state index contributed by atoms with van der Waals surface area (Å²) in [7, 11) is 0. The van der Waals surface area contributed by atoms with Gasteiger partial charge in [-0.1, -0.05) is 11.6 Å². The Morgan fingerprint density at radius 3 is 2.80 bits per heavy atom. The number of nitrogens with zero attached hydrogens (tertiary/aromatic N) is 2. The third-order valence-corrected chi connectivity index (χ3v) is 5.37. The van der Waals surface area contributed by atoms with Crippen molar-refractivity contribution in [2.45, 2.75) is 24.9 Å². The molecule has 3 nitrogen and oxygen atoms in total. The highest BCUT2D eigenvalue weighted by atomic mass is 35.5. The predicted molar refractivity (Wildman–Crippen MR) is 90.1 cm³/mol. The molecule has 130 valence electrons. The molecule has 1 aliphatic carbocycles. The van der Waals surface area contributed by atoms with Gasteiger partial charge < -0.3 is 9.67 Å². The Kier molecular flexibility index (Phi) is 3.90. The van der Waals surface area contributed by atoms with Crippen LogP contribution in [0.4, 0.5) is 13.2 Å². The molecule has 2 heterocycles. The topological polar surface area (TPSA) is 38.1 Å². The van der Waals surface area contributed by atoms with Gasteiger partial charge in [0, 0.05) is 46.3 Å². The third-order valence-electron chi connectivity index (χ3n) is 4.34. The molecule has 1 aromatic carbocycles. The van der Waals surface area contributed by atoms with Gasteiger partial charge >= 0.3 is 0 Å². The normalized spacial score (nSPS) is 19.0. The van der Waals surface area contributed by atoms with Gasteiger partial charge in [-0.25, -0.2) is 13.2 Å². The van der Waals surface area contributed by atoms with Crippen molar-refractivity contribution in [3.63, 3.8) is 0 Å². The summed E-state index contributed by atoms with van der Waals surface area (Å²) in [4.78, 5) is 4.64. The van der Waals surface area contributed by atoms with Gasteiger partial charge in [-0.2, -0.15) is 0 Å². The first kappa shape index (κ1) is 16.6. The van der Waals surface area contributed by atoms with E-state index in [1.807, 2.05) is 0 Å².